The topological polar surface area (TPSA) is 35.6 Å². The van der Waals surface area contributed by atoms with E-state index in [1.807, 2.05) is 29.8 Å². The molecule has 23 heavy (non-hydrogen) atoms. The van der Waals surface area contributed by atoms with Crippen LogP contribution in [0.2, 0.25) is 0 Å². The molecule has 0 amide bonds. The molecule has 0 radical (unpaired) electrons. The van der Waals surface area contributed by atoms with Gasteiger partial charge in [0.15, 0.2) is 0 Å². The van der Waals surface area contributed by atoms with Crippen molar-refractivity contribution in [2.45, 2.75) is 20.4 Å². The van der Waals surface area contributed by atoms with E-state index < -0.39 is 0 Å². The van der Waals surface area contributed by atoms with Crippen molar-refractivity contribution >= 4 is 11.0 Å². The predicted octanol–water partition coefficient (Wildman–Crippen LogP) is 3.89. The molecule has 0 saturated carbocycles. The second-order valence-corrected chi connectivity index (χ2v) is 5.81. The molecule has 114 valence electrons. The lowest BCUT2D eigenvalue weighted by molar-refractivity contribution is 0.702. The van der Waals surface area contributed by atoms with Crippen molar-refractivity contribution in [1.82, 2.24) is 19.3 Å². The zero-order valence-corrected chi connectivity index (χ0v) is 13.3. The van der Waals surface area contributed by atoms with Gasteiger partial charge in [-0.15, -0.1) is 0 Å². The number of aryl methyl sites for hydroxylation is 2. The molecule has 2 heterocycles. The van der Waals surface area contributed by atoms with Crippen LogP contribution in [0.4, 0.5) is 0 Å². The minimum Gasteiger partial charge on any atom is -0.304 e. The van der Waals surface area contributed by atoms with Gasteiger partial charge in [0.25, 0.3) is 0 Å². The molecule has 2 aromatic carbocycles. The van der Waals surface area contributed by atoms with Gasteiger partial charge in [-0.05, 0) is 37.6 Å². The van der Waals surface area contributed by atoms with Crippen molar-refractivity contribution < 1.29 is 0 Å². The second-order valence-electron chi connectivity index (χ2n) is 5.81. The second kappa shape index (κ2) is 5.39. The maximum Gasteiger partial charge on any atom is 0.232 e. The van der Waals surface area contributed by atoms with E-state index in [1.54, 1.807) is 0 Å². The molecule has 0 aliphatic carbocycles. The fourth-order valence-electron chi connectivity index (χ4n) is 2.98. The number of fused-ring (bicyclic) bond motifs is 1. The Hall–Kier alpha value is -2.88. The van der Waals surface area contributed by atoms with Crippen LogP contribution in [0.15, 0.2) is 60.7 Å². The van der Waals surface area contributed by atoms with Gasteiger partial charge in [0.2, 0.25) is 5.95 Å². The van der Waals surface area contributed by atoms with E-state index in [0.717, 1.165) is 34.9 Å². The van der Waals surface area contributed by atoms with Crippen LogP contribution in [0, 0.1) is 13.8 Å². The van der Waals surface area contributed by atoms with E-state index in [0.29, 0.717) is 0 Å². The lowest BCUT2D eigenvalue weighted by atomic mass is 10.2. The average Bonchev–Trinajstić information content (AvgIpc) is 3.08. The summed E-state index contributed by atoms with van der Waals surface area (Å²) in [5.74, 6) is 0.862. The molecule has 0 N–H and O–H groups in total. The highest BCUT2D eigenvalue weighted by molar-refractivity contribution is 5.77. The monoisotopic (exact) mass is 302 g/mol. The molecule has 4 nitrogen and oxygen atoms in total. The minimum absolute atomic E-state index is 0.773. The highest BCUT2D eigenvalue weighted by Gasteiger charge is 2.15. The number of hydrogen-bond donors (Lipinski definition) is 0. The van der Waals surface area contributed by atoms with E-state index >= 15 is 0 Å². The number of benzene rings is 2. The van der Waals surface area contributed by atoms with Crippen molar-refractivity contribution in [2.24, 2.45) is 0 Å². The Morgan fingerprint density at radius 1 is 0.913 bits per heavy atom. The minimum atomic E-state index is 0.773. The quantitative estimate of drug-likeness (QED) is 0.575. The molecule has 0 saturated heterocycles. The van der Waals surface area contributed by atoms with Crippen LogP contribution in [0.1, 0.15) is 17.0 Å². The van der Waals surface area contributed by atoms with E-state index in [-0.39, 0.29) is 0 Å². The Labute approximate surface area is 135 Å². The third-order valence-corrected chi connectivity index (χ3v) is 4.02. The van der Waals surface area contributed by atoms with Crippen LogP contribution < -0.4 is 0 Å². The molecule has 0 aliphatic rings. The Kier molecular flexibility index (Phi) is 3.23. The summed E-state index contributed by atoms with van der Waals surface area (Å²) in [4.78, 5) is 4.82. The van der Waals surface area contributed by atoms with Crippen LogP contribution in [0.5, 0.6) is 0 Å². The molecule has 4 rings (SSSR count). The number of rotatable bonds is 3. The number of hydrogen-bond acceptors (Lipinski definition) is 2. The molecule has 0 atom stereocenters. The number of nitrogens with zero attached hydrogens (tertiary/aromatic N) is 4. The summed E-state index contributed by atoms with van der Waals surface area (Å²) in [5, 5.41) is 4.61. The van der Waals surface area contributed by atoms with Crippen LogP contribution in [-0.4, -0.2) is 19.3 Å². The molecule has 0 bridgehead atoms. The SMILES string of the molecule is Cc1cc(C)n(-c2nc3ccccc3n2Cc2ccccc2)n1. The molecule has 4 heteroatoms. The molecular weight excluding hydrogens is 284 g/mol. The first kappa shape index (κ1) is 13.8. The van der Waals surface area contributed by atoms with Crippen LogP contribution in [0.25, 0.3) is 17.0 Å². The number of para-hydroxylation sites is 2. The third-order valence-electron chi connectivity index (χ3n) is 4.02. The van der Waals surface area contributed by atoms with Crippen molar-refractivity contribution in [3.63, 3.8) is 0 Å². The average molecular weight is 302 g/mol. The summed E-state index contributed by atoms with van der Waals surface area (Å²) in [6, 6.07) is 20.8. The highest BCUT2D eigenvalue weighted by atomic mass is 15.4. The third kappa shape index (κ3) is 2.42. The van der Waals surface area contributed by atoms with Crippen molar-refractivity contribution in [2.75, 3.05) is 0 Å². The largest absolute Gasteiger partial charge is 0.304 e. The summed E-state index contributed by atoms with van der Waals surface area (Å²) in [7, 11) is 0. The van der Waals surface area contributed by atoms with Crippen LogP contribution >= 0.6 is 0 Å². The first-order valence-corrected chi connectivity index (χ1v) is 7.75. The van der Waals surface area contributed by atoms with Gasteiger partial charge in [-0.3, -0.25) is 0 Å². The van der Waals surface area contributed by atoms with Gasteiger partial charge in [0, 0.05) is 5.69 Å². The number of imidazole rings is 1. The summed E-state index contributed by atoms with van der Waals surface area (Å²) >= 11 is 0. The van der Waals surface area contributed by atoms with Crippen molar-refractivity contribution in [1.29, 1.82) is 0 Å². The smallest absolute Gasteiger partial charge is 0.232 e. The van der Waals surface area contributed by atoms with Crippen LogP contribution in [-0.2, 0) is 6.54 Å². The lowest BCUT2D eigenvalue weighted by Gasteiger charge is -2.10. The summed E-state index contributed by atoms with van der Waals surface area (Å²) in [5.41, 5.74) is 5.45. The summed E-state index contributed by atoms with van der Waals surface area (Å²) in [6.07, 6.45) is 0. The molecule has 2 aromatic heterocycles. The maximum absolute atomic E-state index is 4.82. The Bertz CT molecular complexity index is 964. The molecular formula is C19H18N4. The van der Waals surface area contributed by atoms with Gasteiger partial charge >= 0.3 is 0 Å². The van der Waals surface area contributed by atoms with Gasteiger partial charge in [-0.1, -0.05) is 42.5 Å². The van der Waals surface area contributed by atoms with Gasteiger partial charge < -0.3 is 4.57 Å². The highest BCUT2D eigenvalue weighted by Crippen LogP contribution is 2.21. The number of aromatic nitrogens is 4. The van der Waals surface area contributed by atoms with E-state index in [9.17, 15) is 0 Å². The maximum atomic E-state index is 4.82. The Balaban J connectivity index is 1.93. The molecule has 4 aromatic rings. The Morgan fingerprint density at radius 3 is 2.39 bits per heavy atom. The van der Waals surface area contributed by atoms with Crippen molar-refractivity contribution in [3.8, 4) is 5.95 Å². The fraction of sp³-hybridized carbons (Fsp3) is 0.158. The zero-order valence-electron chi connectivity index (χ0n) is 13.3. The fourth-order valence-corrected chi connectivity index (χ4v) is 2.98. The van der Waals surface area contributed by atoms with E-state index in [1.165, 1.54) is 5.56 Å². The van der Waals surface area contributed by atoms with Gasteiger partial charge in [-0.25, -0.2) is 9.67 Å². The Morgan fingerprint density at radius 2 is 1.65 bits per heavy atom. The van der Waals surface area contributed by atoms with E-state index in [2.05, 4.69) is 59.1 Å². The predicted molar refractivity (Wildman–Crippen MR) is 91.9 cm³/mol. The lowest BCUT2D eigenvalue weighted by Crippen LogP contribution is -2.10. The normalized spacial score (nSPS) is 11.2. The van der Waals surface area contributed by atoms with Crippen molar-refractivity contribution in [3.05, 3.63) is 77.6 Å². The molecule has 0 fully saturated rings. The zero-order chi connectivity index (χ0) is 15.8. The standard InChI is InChI=1S/C19H18N4/c1-14-12-15(2)23(21-14)19-20-17-10-6-7-11-18(17)22(19)13-16-8-4-3-5-9-16/h3-12H,13H2,1-2H3. The van der Waals surface area contributed by atoms with Gasteiger partial charge in [-0.2, -0.15) is 5.10 Å². The van der Waals surface area contributed by atoms with Gasteiger partial charge in [0.05, 0.1) is 23.3 Å². The van der Waals surface area contributed by atoms with E-state index in [4.69, 9.17) is 4.98 Å². The first-order chi connectivity index (χ1) is 11.2. The van der Waals surface area contributed by atoms with Crippen LogP contribution in [0.3, 0.4) is 0 Å². The molecule has 0 unspecified atom stereocenters. The first-order valence-electron chi connectivity index (χ1n) is 7.75. The molecule has 0 aliphatic heterocycles. The summed E-state index contributed by atoms with van der Waals surface area (Å²) < 4.78 is 4.16. The molecule has 0 spiro atoms. The summed E-state index contributed by atoms with van der Waals surface area (Å²) in [6.45, 7) is 4.84. The van der Waals surface area contributed by atoms with Gasteiger partial charge in [0.1, 0.15) is 0 Å².